The minimum atomic E-state index is 0. The second-order valence-electron chi connectivity index (χ2n) is 17.3. The molecule has 1 radical (unpaired) electrons. The number of rotatable bonds is 9. The summed E-state index contributed by atoms with van der Waals surface area (Å²) in [7, 11) is 0. The van der Waals surface area contributed by atoms with Crippen molar-refractivity contribution >= 4 is 27.5 Å². The number of nitrogens with zero attached hydrogens (tertiary/aromatic N) is 1. The van der Waals surface area contributed by atoms with E-state index in [1.165, 1.54) is 102 Å². The van der Waals surface area contributed by atoms with Gasteiger partial charge >= 0.3 is 0 Å². The van der Waals surface area contributed by atoms with Gasteiger partial charge in [0.15, 0.2) is 5.78 Å². The molecule has 1 N–H and O–H groups in total. The van der Waals surface area contributed by atoms with Crippen molar-refractivity contribution in [3.05, 3.63) is 88.7 Å². The fraction of sp³-hybridized carbons (Fsp3) is 0.551. The number of carbonyl (C=O) groups excluding carboxylic acids is 1. The van der Waals surface area contributed by atoms with Crippen LogP contribution in [0.5, 0.6) is 0 Å². The van der Waals surface area contributed by atoms with Crippen LogP contribution in [0.2, 0.25) is 0 Å². The Morgan fingerprint density at radius 3 is 2.11 bits per heavy atom. The number of aryl methyl sites for hydroxylation is 2. The summed E-state index contributed by atoms with van der Waals surface area (Å²) in [6.07, 6.45) is 17.6. The number of aliphatic hydroxyl groups is 1. The number of hydrogen-bond donors (Lipinski definition) is 1. The summed E-state index contributed by atoms with van der Waals surface area (Å²) in [5, 5.41) is 13.6. The third-order valence-corrected chi connectivity index (χ3v) is 12.6. The normalized spacial score (nSPS) is 16.5. The third-order valence-electron chi connectivity index (χ3n) is 12.6. The minimum absolute atomic E-state index is 0. The number of aromatic nitrogens is 1. The van der Waals surface area contributed by atoms with Crippen molar-refractivity contribution in [3.8, 4) is 11.3 Å². The van der Waals surface area contributed by atoms with Gasteiger partial charge in [0.1, 0.15) is 0 Å². The predicted octanol–water partition coefficient (Wildman–Crippen LogP) is 14.2. The zero-order valence-corrected chi connectivity index (χ0v) is 36.7. The first-order valence-electron chi connectivity index (χ1n) is 20.6. The van der Waals surface area contributed by atoms with Crippen LogP contribution in [0.3, 0.4) is 0 Å². The Morgan fingerprint density at radius 1 is 0.887 bits per heavy atom. The van der Waals surface area contributed by atoms with Gasteiger partial charge in [0.25, 0.3) is 0 Å². The molecular formula is C49H66IrNO2-. The molecule has 2 fully saturated rings. The first-order valence-corrected chi connectivity index (χ1v) is 20.6. The molecule has 2 aliphatic carbocycles. The average molecular weight is 893 g/mol. The maximum absolute atomic E-state index is 11.7. The Kier molecular flexibility index (Phi) is 15.1. The largest absolute Gasteiger partial charge is 0.512 e. The summed E-state index contributed by atoms with van der Waals surface area (Å²) < 4.78 is 0. The van der Waals surface area contributed by atoms with Crippen LogP contribution in [0.1, 0.15) is 160 Å². The van der Waals surface area contributed by atoms with E-state index in [2.05, 4.69) is 89.2 Å². The molecule has 3 nitrogen and oxygen atoms in total. The standard InChI is InChI=1S/C36H42N.C13H24O2.Ir/c1-24-19-25(2)34-30(26-13-17-36(18-14-26)15-9-6-10-16-36)23-32(37-33(34)20-24)28-21-27-11-7-8-12-29(27)31(22-28)35(3,4)5;1-5-10(6-2)12(14)9-13(15)11(7-3)8-4;/h7-8,11-12,19-20,22-23,26H,6,9-10,13-18H2,1-5H3;9-11,14H,5-8H2,1-4H3;/q-1;;/b;12-9-;. The molecule has 4 heteroatoms. The van der Waals surface area contributed by atoms with Gasteiger partial charge in [-0.3, -0.25) is 9.78 Å². The Balaban J connectivity index is 0.000000335. The fourth-order valence-corrected chi connectivity index (χ4v) is 9.36. The third kappa shape index (κ3) is 10.1. The van der Waals surface area contributed by atoms with E-state index in [1.54, 1.807) is 0 Å². The van der Waals surface area contributed by atoms with Gasteiger partial charge in [-0.25, -0.2) is 0 Å². The van der Waals surface area contributed by atoms with Crippen molar-refractivity contribution in [2.24, 2.45) is 17.3 Å². The molecule has 289 valence electrons. The molecule has 1 spiro atoms. The molecule has 0 amide bonds. The van der Waals surface area contributed by atoms with Crippen LogP contribution in [-0.2, 0) is 30.3 Å². The van der Waals surface area contributed by atoms with Crippen LogP contribution in [0.15, 0.2) is 60.4 Å². The maximum Gasteiger partial charge on any atom is 0.162 e. The molecule has 0 unspecified atom stereocenters. The molecule has 4 aromatic rings. The van der Waals surface area contributed by atoms with Gasteiger partial charge in [-0.15, -0.1) is 29.1 Å². The van der Waals surface area contributed by atoms with Crippen molar-refractivity contribution < 1.29 is 30.0 Å². The molecule has 0 saturated heterocycles. The van der Waals surface area contributed by atoms with E-state index in [-0.39, 0.29) is 48.9 Å². The summed E-state index contributed by atoms with van der Waals surface area (Å²) in [4.78, 5) is 17.0. The number of carbonyl (C=O) groups is 1. The van der Waals surface area contributed by atoms with Gasteiger partial charge in [-0.1, -0.05) is 109 Å². The second-order valence-corrected chi connectivity index (χ2v) is 17.3. The molecule has 1 heterocycles. The van der Waals surface area contributed by atoms with E-state index < -0.39 is 0 Å². The number of fused-ring (bicyclic) bond motifs is 2. The first-order chi connectivity index (χ1) is 24.8. The summed E-state index contributed by atoms with van der Waals surface area (Å²) in [6, 6.07) is 21.9. The summed E-state index contributed by atoms with van der Waals surface area (Å²) in [6.45, 7) is 19.5. The molecule has 0 bridgehead atoms. The quantitative estimate of drug-likeness (QED) is 0.103. The van der Waals surface area contributed by atoms with Crippen molar-refractivity contribution in [2.75, 3.05) is 0 Å². The molecule has 3 aromatic carbocycles. The van der Waals surface area contributed by atoms with E-state index in [0.29, 0.717) is 11.3 Å². The van der Waals surface area contributed by atoms with Gasteiger partial charge in [0.2, 0.25) is 0 Å². The van der Waals surface area contributed by atoms with Crippen molar-refractivity contribution in [3.63, 3.8) is 0 Å². The molecule has 6 rings (SSSR count). The zero-order valence-electron chi connectivity index (χ0n) is 34.3. The maximum atomic E-state index is 11.7. The average Bonchev–Trinajstić information content (AvgIpc) is 3.12. The first kappa shape index (κ1) is 42.9. The van der Waals surface area contributed by atoms with E-state index in [4.69, 9.17) is 4.98 Å². The Hall–Kier alpha value is -2.81. The van der Waals surface area contributed by atoms with Gasteiger partial charge in [-0.05, 0) is 118 Å². The van der Waals surface area contributed by atoms with E-state index in [0.717, 1.165) is 42.5 Å². The Labute approximate surface area is 335 Å². The number of pyridine rings is 1. The van der Waals surface area contributed by atoms with Crippen molar-refractivity contribution in [1.82, 2.24) is 4.98 Å². The van der Waals surface area contributed by atoms with Crippen molar-refractivity contribution in [2.45, 2.75) is 157 Å². The van der Waals surface area contributed by atoms with Crippen LogP contribution in [0, 0.1) is 37.2 Å². The predicted molar refractivity (Wildman–Crippen MR) is 222 cm³/mol. The molecule has 2 aliphatic rings. The summed E-state index contributed by atoms with van der Waals surface area (Å²) >= 11 is 0. The number of benzene rings is 3. The number of ketones is 1. The summed E-state index contributed by atoms with van der Waals surface area (Å²) in [5.74, 6) is 1.17. The molecule has 0 aliphatic heterocycles. The molecular weight excluding hydrogens is 827 g/mol. The monoisotopic (exact) mass is 893 g/mol. The van der Waals surface area contributed by atoms with E-state index in [1.807, 2.05) is 27.7 Å². The Morgan fingerprint density at radius 2 is 1.51 bits per heavy atom. The van der Waals surface area contributed by atoms with Crippen molar-refractivity contribution in [1.29, 1.82) is 0 Å². The van der Waals surface area contributed by atoms with Crippen LogP contribution in [0.4, 0.5) is 0 Å². The molecule has 2 saturated carbocycles. The van der Waals surface area contributed by atoms with Crippen LogP contribution in [-0.4, -0.2) is 15.9 Å². The van der Waals surface area contributed by atoms with Crippen LogP contribution < -0.4 is 0 Å². The van der Waals surface area contributed by atoms with Gasteiger partial charge < -0.3 is 5.11 Å². The van der Waals surface area contributed by atoms with Gasteiger partial charge in [0, 0.05) is 49.1 Å². The minimum Gasteiger partial charge on any atom is -0.512 e. The van der Waals surface area contributed by atoms with E-state index >= 15 is 0 Å². The molecule has 0 atom stereocenters. The van der Waals surface area contributed by atoms with Crippen LogP contribution >= 0.6 is 0 Å². The smallest absolute Gasteiger partial charge is 0.162 e. The molecule has 1 aromatic heterocycles. The number of allylic oxidation sites excluding steroid dienone is 2. The zero-order chi connectivity index (χ0) is 37.6. The SMILES string of the molecule is CCC(CC)C(=O)/C=C(\O)C(CC)CC.Cc1cc(C)c2c(C3CCC4(CCCCC4)CC3)cc(-c3[c-]c4ccccc4c(C(C)(C)C)c3)nc2c1.[Ir]. The van der Waals surface area contributed by atoms with Crippen LogP contribution in [0.25, 0.3) is 32.9 Å². The molecule has 53 heavy (non-hydrogen) atoms. The van der Waals surface area contributed by atoms with E-state index in [9.17, 15) is 9.90 Å². The summed E-state index contributed by atoms with van der Waals surface area (Å²) in [5.41, 5.74) is 9.63. The Bertz CT molecular complexity index is 1860. The van der Waals surface area contributed by atoms with Gasteiger partial charge in [-0.2, -0.15) is 0 Å². The second kappa shape index (κ2) is 18.7. The number of hydrogen-bond acceptors (Lipinski definition) is 3. The number of aliphatic hydroxyl groups excluding tert-OH is 1. The topological polar surface area (TPSA) is 50.2 Å². The van der Waals surface area contributed by atoms with Gasteiger partial charge in [0.05, 0.1) is 11.3 Å². The fourth-order valence-electron chi connectivity index (χ4n) is 9.36.